The second-order valence-corrected chi connectivity index (χ2v) is 18.0. The van der Waals surface area contributed by atoms with Crippen molar-refractivity contribution in [2.75, 3.05) is 111 Å². The minimum atomic E-state index is -1.15. The fourth-order valence-corrected chi connectivity index (χ4v) is 11.2. The van der Waals surface area contributed by atoms with Gasteiger partial charge in [-0.1, -0.05) is 0 Å². The van der Waals surface area contributed by atoms with E-state index < -0.39 is 53.4 Å². The van der Waals surface area contributed by atoms with Crippen LogP contribution in [0.1, 0.15) is 3.71 Å². The van der Waals surface area contributed by atoms with Crippen LogP contribution in [0.5, 0.6) is 23.0 Å². The molecule has 3 aliphatic heterocycles. The molecule has 0 spiro atoms. The Morgan fingerprint density at radius 1 is 0.654 bits per heavy atom. The van der Waals surface area contributed by atoms with Crippen LogP contribution in [0, 0.1) is 5.92 Å². The maximum absolute atomic E-state index is 13.4. The van der Waals surface area contributed by atoms with Crippen LogP contribution >= 0.6 is 0 Å². The van der Waals surface area contributed by atoms with E-state index in [-0.39, 0.29) is 11.4 Å². The summed E-state index contributed by atoms with van der Waals surface area (Å²) in [6.07, 6.45) is 2.38. The molecule has 4 aliphatic rings. The third kappa shape index (κ3) is 10.00. The molecule has 14 nitrogen and oxygen atoms in total. The number of nitrogens with zero attached hydrogens (tertiary/aromatic N) is 1. The summed E-state index contributed by atoms with van der Waals surface area (Å²) >= 11 is -1.83. The van der Waals surface area contributed by atoms with Crippen molar-refractivity contribution in [1.29, 1.82) is 0 Å². The van der Waals surface area contributed by atoms with Gasteiger partial charge in [-0.15, -0.1) is 0 Å². The summed E-state index contributed by atoms with van der Waals surface area (Å²) in [6, 6.07) is 7.75. The molecule has 16 heteroatoms. The van der Waals surface area contributed by atoms with Gasteiger partial charge in [-0.05, 0) is 0 Å². The Morgan fingerprint density at radius 3 is 1.67 bits per heavy atom. The molecule has 2 atom stereocenters. The van der Waals surface area contributed by atoms with Crippen LogP contribution in [0.15, 0.2) is 39.7 Å². The van der Waals surface area contributed by atoms with Crippen molar-refractivity contribution in [3.63, 3.8) is 0 Å². The number of anilines is 1. The van der Waals surface area contributed by atoms with E-state index in [1.807, 2.05) is 30.3 Å². The summed E-state index contributed by atoms with van der Waals surface area (Å²) in [6.45, 7) is 7.04. The zero-order valence-corrected chi connectivity index (χ0v) is 33.3. The third-order valence-electron chi connectivity index (χ3n) is 8.25. The zero-order chi connectivity index (χ0) is 35.5. The van der Waals surface area contributed by atoms with Gasteiger partial charge in [0.15, 0.2) is 0 Å². The van der Waals surface area contributed by atoms with E-state index >= 15 is 0 Å². The first-order chi connectivity index (χ1) is 25.6. The van der Waals surface area contributed by atoms with Crippen LogP contribution in [-0.2, 0) is 33.2 Å². The number of rotatable bonds is 2. The normalized spacial score (nSPS) is 24.5. The van der Waals surface area contributed by atoms with Crippen molar-refractivity contribution in [3.05, 3.63) is 43.4 Å². The second kappa shape index (κ2) is 19.2. The molecule has 3 aromatic rings. The Hall–Kier alpha value is -2.44. The number of Topliss-reactive ketones (excluding diaryl/α,β-unsaturated/α-hetero) is 1. The Balaban J connectivity index is 1.01. The second-order valence-electron chi connectivity index (χ2n) is 11.9. The number of benzene rings is 2. The molecular weight excluding hydrogens is 908 g/mol. The Kier molecular flexibility index (Phi) is 14.0. The predicted molar refractivity (Wildman–Crippen MR) is 189 cm³/mol. The Bertz CT molecular complexity index is 1650. The first-order valence-electron chi connectivity index (χ1n) is 17.3. The van der Waals surface area contributed by atoms with Crippen LogP contribution < -0.4 is 33.0 Å². The number of carbonyl (C=O) groups excluding carboxylic acids is 1. The maximum atomic E-state index is 13.4. The quantitative estimate of drug-likeness (QED) is 0.281. The monoisotopic (exact) mass is 953 g/mol. The van der Waals surface area contributed by atoms with Gasteiger partial charge in [-0.3, -0.25) is 0 Å². The van der Waals surface area contributed by atoms with E-state index in [1.54, 1.807) is 6.08 Å². The first kappa shape index (κ1) is 37.9. The molecule has 1 aromatic heterocycles. The average Bonchev–Trinajstić information content (AvgIpc) is 3.74. The fraction of sp³-hybridized carbons (Fsp3) is 0.500. The molecule has 1 fully saturated rings. The number of fused-ring (bicyclic) bond motifs is 4. The number of ketones is 1. The van der Waals surface area contributed by atoms with E-state index in [9.17, 15) is 9.90 Å². The van der Waals surface area contributed by atoms with Gasteiger partial charge >= 0.3 is 323 Å². The number of aromatic nitrogens is 1. The molecule has 4 heterocycles. The third-order valence-corrected chi connectivity index (χ3v) is 13.9. The van der Waals surface area contributed by atoms with E-state index in [0.717, 1.165) is 25.7 Å². The summed E-state index contributed by atoms with van der Waals surface area (Å²) in [5.74, 6) is 1.55. The van der Waals surface area contributed by atoms with Gasteiger partial charge in [0.05, 0.1) is 0 Å². The van der Waals surface area contributed by atoms with Gasteiger partial charge in [0, 0.05) is 0 Å². The molecule has 7 rings (SSSR count). The van der Waals surface area contributed by atoms with Crippen molar-refractivity contribution in [1.82, 2.24) is 4.98 Å². The molecule has 280 valence electrons. The zero-order valence-electron chi connectivity index (χ0n) is 28.6. The first-order valence-corrected chi connectivity index (χ1v) is 22.0. The number of hydrogen-bond donors (Lipinski definition) is 1. The van der Waals surface area contributed by atoms with Crippen molar-refractivity contribution < 1.29 is 57.3 Å². The van der Waals surface area contributed by atoms with Gasteiger partial charge < -0.3 is 0 Å². The van der Waals surface area contributed by atoms with Crippen LogP contribution in [0.2, 0.25) is 0 Å². The molecule has 2 unspecified atom stereocenters. The average molecular weight is 949 g/mol. The summed E-state index contributed by atoms with van der Waals surface area (Å²) < 4.78 is 61.3. The van der Waals surface area contributed by atoms with Crippen molar-refractivity contribution in [2.24, 2.45) is 5.92 Å². The fourth-order valence-electron chi connectivity index (χ4n) is 5.65. The van der Waals surface area contributed by atoms with Crippen molar-refractivity contribution in [3.8, 4) is 23.0 Å². The predicted octanol–water partition coefficient (Wildman–Crippen LogP) is 0.542. The van der Waals surface area contributed by atoms with Crippen LogP contribution in [0.3, 0.4) is 0 Å². The number of ether oxygens (including phenoxy) is 10. The molecule has 0 saturated heterocycles. The molecule has 1 N–H and O–H groups in total. The van der Waals surface area contributed by atoms with Crippen LogP contribution in [-0.4, -0.2) is 164 Å². The van der Waals surface area contributed by atoms with E-state index in [2.05, 4.69) is 5.32 Å². The van der Waals surface area contributed by atoms with Crippen molar-refractivity contribution in [2.45, 2.75) is 6.10 Å². The molecule has 52 heavy (non-hydrogen) atoms. The van der Waals surface area contributed by atoms with Crippen LogP contribution in [0.4, 0.5) is 5.69 Å². The van der Waals surface area contributed by atoms with Gasteiger partial charge in [-0.25, -0.2) is 0 Å². The molecule has 0 radical (unpaired) electrons. The molecule has 0 bridgehead atoms. The summed E-state index contributed by atoms with van der Waals surface area (Å²) in [4.78, 5) is 18.1. The molecule has 1 aliphatic carbocycles. The molecule has 2 aromatic carbocycles. The number of nitrogens with one attached hydrogen (secondary N) is 1. The van der Waals surface area contributed by atoms with E-state index in [0.29, 0.717) is 129 Å². The summed E-state index contributed by atoms with van der Waals surface area (Å²) in [5, 5.41) is 16.8. The minimum absolute atomic E-state index is 0.151. The summed E-state index contributed by atoms with van der Waals surface area (Å²) in [7, 11) is 0. The van der Waals surface area contributed by atoms with Gasteiger partial charge in [-0.2, -0.15) is 0 Å². The van der Waals surface area contributed by atoms with E-state index in [1.165, 1.54) is 0 Å². The number of hydrogen-bond acceptors (Lipinski definition) is 14. The van der Waals surface area contributed by atoms with Gasteiger partial charge in [0.1, 0.15) is 0 Å². The van der Waals surface area contributed by atoms with Crippen LogP contribution in [0.25, 0.3) is 15.0 Å². The van der Waals surface area contributed by atoms with E-state index in [4.69, 9.17) is 52.4 Å². The van der Waals surface area contributed by atoms with Crippen molar-refractivity contribution >= 4 is 71.4 Å². The molecule has 0 amide bonds. The standard InChI is InChI=1S/C36H41N2O12Te2/c39-35-23(17-33-37-25-19-27-29(21-31(25)51-33)49-15-11-45-7-3-41-1-5-43-9-13-47-27)36(40)24(35)18-34-38-26-20-28-30(22-32(26)52-34)50-16-12-46-8-4-42-2-6-44-10-14-48-28/h17-23,35,37H,1-16H2/q-1/b24-18-,33-17+. The number of carbonyl (C=O) groups is 1. The van der Waals surface area contributed by atoms with Gasteiger partial charge in [0.25, 0.3) is 0 Å². The summed E-state index contributed by atoms with van der Waals surface area (Å²) in [5.41, 5.74) is 1.97. The topological polar surface area (TPSA) is 157 Å². The van der Waals surface area contributed by atoms with Gasteiger partial charge in [0.2, 0.25) is 0 Å². The molecule has 1 saturated carbocycles. The molecular formula is C36H41N2O12Te2-. The Labute approximate surface area is 321 Å². The SMILES string of the molecule is O=C1/C(=C\c2nc3cc4c(cc3[te]2)OCCOCCOCCOCCO4)C([O-])C1/C=C1\Nc2cc3c(cc2[Te]1)OCCOCCOCCOCCO3. The Morgan fingerprint density at radius 2 is 1.13 bits per heavy atom.